The first kappa shape index (κ1) is 14.1. The molecule has 1 atom stereocenters. The van der Waals surface area contributed by atoms with E-state index in [4.69, 9.17) is 11.6 Å². The van der Waals surface area contributed by atoms with E-state index in [1.54, 1.807) is 6.07 Å². The number of piperidine rings is 1. The Balaban J connectivity index is 1.90. The highest BCUT2D eigenvalue weighted by Crippen LogP contribution is 2.20. The van der Waals surface area contributed by atoms with E-state index in [2.05, 4.69) is 12.2 Å². The number of likely N-dealkylation sites (tertiary alicyclic amines) is 1. The Morgan fingerprint density at radius 3 is 3.00 bits per heavy atom. The summed E-state index contributed by atoms with van der Waals surface area (Å²) in [4.78, 5) is 14.0. The van der Waals surface area contributed by atoms with Gasteiger partial charge in [0.2, 0.25) is 5.91 Å². The molecule has 2 rings (SSSR count). The number of carbonyl (C=O) groups is 1. The number of carbonyl (C=O) groups excluding carboxylic acids is 1. The Hall–Kier alpha value is -1.29. The van der Waals surface area contributed by atoms with Crippen molar-refractivity contribution in [2.24, 2.45) is 0 Å². The minimum atomic E-state index is -0.455. The molecule has 1 amide bonds. The first-order valence-electron chi connectivity index (χ1n) is 6.56. The Morgan fingerprint density at radius 2 is 2.32 bits per heavy atom. The second-order valence-corrected chi connectivity index (χ2v) is 5.32. The fourth-order valence-corrected chi connectivity index (χ4v) is 2.53. The molecule has 1 N–H and O–H groups in total. The van der Waals surface area contributed by atoms with Crippen LogP contribution in [0.15, 0.2) is 18.2 Å². The average Bonchev–Trinajstić information content (AvgIpc) is 2.40. The van der Waals surface area contributed by atoms with Crippen LogP contribution in [-0.4, -0.2) is 29.9 Å². The maximum absolute atomic E-state index is 13.0. The number of halogens is 2. The number of rotatable bonds is 3. The standard InChI is InChI=1S/C14H18ClFN2O/c1-10-4-2-3-7-18(10)14(19)9-17-11-5-6-13(16)12(15)8-11/h5-6,8,10,17H,2-4,7,9H2,1H3. The first-order valence-corrected chi connectivity index (χ1v) is 6.94. The summed E-state index contributed by atoms with van der Waals surface area (Å²) in [6, 6.07) is 4.66. The van der Waals surface area contributed by atoms with Gasteiger partial charge in [-0.3, -0.25) is 4.79 Å². The SMILES string of the molecule is CC1CCCCN1C(=O)CNc1ccc(F)c(Cl)c1. The summed E-state index contributed by atoms with van der Waals surface area (Å²) in [7, 11) is 0. The molecular formula is C14H18ClFN2O. The molecule has 1 aliphatic rings. The zero-order valence-corrected chi connectivity index (χ0v) is 11.7. The van der Waals surface area contributed by atoms with E-state index in [-0.39, 0.29) is 17.5 Å². The molecular weight excluding hydrogens is 267 g/mol. The molecule has 1 aromatic carbocycles. The van der Waals surface area contributed by atoms with Gasteiger partial charge in [0.05, 0.1) is 11.6 Å². The van der Waals surface area contributed by atoms with E-state index in [1.807, 2.05) is 4.90 Å². The van der Waals surface area contributed by atoms with Crippen molar-refractivity contribution in [1.29, 1.82) is 0 Å². The zero-order valence-electron chi connectivity index (χ0n) is 11.0. The van der Waals surface area contributed by atoms with Gasteiger partial charge in [0, 0.05) is 18.3 Å². The topological polar surface area (TPSA) is 32.3 Å². The van der Waals surface area contributed by atoms with Gasteiger partial charge in [0.1, 0.15) is 5.82 Å². The van der Waals surface area contributed by atoms with Crippen LogP contribution in [0.3, 0.4) is 0 Å². The van der Waals surface area contributed by atoms with Gasteiger partial charge in [-0.05, 0) is 44.4 Å². The molecule has 0 radical (unpaired) electrons. The molecule has 1 unspecified atom stereocenters. The van der Waals surface area contributed by atoms with Crippen molar-refractivity contribution in [3.8, 4) is 0 Å². The molecule has 0 aliphatic carbocycles. The van der Waals surface area contributed by atoms with Gasteiger partial charge in [-0.15, -0.1) is 0 Å². The zero-order chi connectivity index (χ0) is 13.8. The predicted molar refractivity (Wildman–Crippen MR) is 74.9 cm³/mol. The van der Waals surface area contributed by atoms with Crippen molar-refractivity contribution >= 4 is 23.2 Å². The van der Waals surface area contributed by atoms with Crippen LogP contribution in [0.4, 0.5) is 10.1 Å². The lowest BCUT2D eigenvalue weighted by Crippen LogP contribution is -2.44. The lowest BCUT2D eigenvalue weighted by Gasteiger charge is -2.33. The molecule has 1 aromatic rings. The Morgan fingerprint density at radius 1 is 1.53 bits per heavy atom. The number of hydrogen-bond acceptors (Lipinski definition) is 2. The summed E-state index contributed by atoms with van der Waals surface area (Å²) in [5.41, 5.74) is 0.657. The van der Waals surface area contributed by atoms with Gasteiger partial charge >= 0.3 is 0 Å². The minimum absolute atomic E-state index is 0.0591. The van der Waals surface area contributed by atoms with Gasteiger partial charge in [0.15, 0.2) is 0 Å². The molecule has 0 bridgehead atoms. The highest BCUT2D eigenvalue weighted by atomic mass is 35.5. The number of nitrogens with zero attached hydrogens (tertiary/aromatic N) is 1. The first-order chi connectivity index (χ1) is 9.08. The molecule has 0 spiro atoms. The van der Waals surface area contributed by atoms with Crippen molar-refractivity contribution < 1.29 is 9.18 Å². The van der Waals surface area contributed by atoms with Crippen LogP contribution in [0.2, 0.25) is 5.02 Å². The minimum Gasteiger partial charge on any atom is -0.376 e. The summed E-state index contributed by atoms with van der Waals surface area (Å²) in [5, 5.41) is 3.05. The number of benzene rings is 1. The maximum atomic E-state index is 13.0. The Bertz CT molecular complexity index is 467. The van der Waals surface area contributed by atoms with Crippen LogP contribution in [0.25, 0.3) is 0 Å². The van der Waals surface area contributed by atoms with Crippen LogP contribution in [-0.2, 0) is 4.79 Å². The van der Waals surface area contributed by atoms with E-state index in [1.165, 1.54) is 18.6 Å². The second kappa shape index (κ2) is 6.24. The van der Waals surface area contributed by atoms with Crippen molar-refractivity contribution in [3.63, 3.8) is 0 Å². The number of hydrogen-bond donors (Lipinski definition) is 1. The largest absolute Gasteiger partial charge is 0.376 e. The van der Waals surface area contributed by atoms with Crippen LogP contribution in [0.1, 0.15) is 26.2 Å². The summed E-state index contributed by atoms with van der Waals surface area (Å²) in [6.07, 6.45) is 3.32. The van der Waals surface area contributed by atoms with E-state index in [0.29, 0.717) is 11.7 Å². The molecule has 5 heteroatoms. The van der Waals surface area contributed by atoms with Crippen molar-refractivity contribution in [2.75, 3.05) is 18.4 Å². The molecule has 1 fully saturated rings. The summed E-state index contributed by atoms with van der Waals surface area (Å²) >= 11 is 5.69. The van der Waals surface area contributed by atoms with Crippen LogP contribution >= 0.6 is 11.6 Å². The molecule has 0 aromatic heterocycles. The fourth-order valence-electron chi connectivity index (χ4n) is 2.35. The van der Waals surface area contributed by atoms with Gasteiger partial charge in [0.25, 0.3) is 0 Å². The van der Waals surface area contributed by atoms with E-state index >= 15 is 0 Å². The van der Waals surface area contributed by atoms with E-state index in [0.717, 1.165) is 19.4 Å². The van der Waals surface area contributed by atoms with Crippen molar-refractivity contribution in [1.82, 2.24) is 4.90 Å². The Labute approximate surface area is 117 Å². The third-order valence-electron chi connectivity index (χ3n) is 3.49. The summed E-state index contributed by atoms with van der Waals surface area (Å²) in [5.74, 6) is -0.379. The van der Waals surface area contributed by atoms with Crippen LogP contribution in [0.5, 0.6) is 0 Å². The van der Waals surface area contributed by atoms with Gasteiger partial charge < -0.3 is 10.2 Å². The third-order valence-corrected chi connectivity index (χ3v) is 3.78. The second-order valence-electron chi connectivity index (χ2n) is 4.91. The molecule has 1 saturated heterocycles. The third kappa shape index (κ3) is 3.60. The lowest BCUT2D eigenvalue weighted by atomic mass is 10.0. The normalized spacial score (nSPS) is 19.3. The monoisotopic (exact) mass is 284 g/mol. The van der Waals surface area contributed by atoms with E-state index in [9.17, 15) is 9.18 Å². The molecule has 3 nitrogen and oxygen atoms in total. The highest BCUT2D eigenvalue weighted by Gasteiger charge is 2.22. The number of anilines is 1. The van der Waals surface area contributed by atoms with Gasteiger partial charge in [-0.2, -0.15) is 0 Å². The summed E-state index contributed by atoms with van der Waals surface area (Å²) < 4.78 is 13.0. The molecule has 1 aliphatic heterocycles. The lowest BCUT2D eigenvalue weighted by molar-refractivity contribution is -0.132. The van der Waals surface area contributed by atoms with Crippen molar-refractivity contribution in [3.05, 3.63) is 29.0 Å². The predicted octanol–water partition coefficient (Wildman–Crippen LogP) is 3.29. The fraction of sp³-hybridized carbons (Fsp3) is 0.500. The number of amides is 1. The van der Waals surface area contributed by atoms with E-state index < -0.39 is 5.82 Å². The smallest absolute Gasteiger partial charge is 0.242 e. The van der Waals surface area contributed by atoms with Gasteiger partial charge in [-0.1, -0.05) is 11.6 Å². The van der Waals surface area contributed by atoms with Crippen molar-refractivity contribution in [2.45, 2.75) is 32.2 Å². The summed E-state index contributed by atoms with van der Waals surface area (Å²) in [6.45, 7) is 3.12. The molecule has 19 heavy (non-hydrogen) atoms. The average molecular weight is 285 g/mol. The number of nitrogens with one attached hydrogen (secondary N) is 1. The molecule has 104 valence electrons. The van der Waals surface area contributed by atoms with Crippen LogP contribution < -0.4 is 5.32 Å². The quantitative estimate of drug-likeness (QED) is 0.924. The molecule has 0 saturated carbocycles. The Kier molecular flexibility index (Phi) is 4.64. The van der Waals surface area contributed by atoms with Gasteiger partial charge in [-0.25, -0.2) is 4.39 Å². The van der Waals surface area contributed by atoms with Crippen LogP contribution in [0, 0.1) is 5.82 Å². The maximum Gasteiger partial charge on any atom is 0.242 e. The highest BCUT2D eigenvalue weighted by molar-refractivity contribution is 6.31. The molecule has 1 heterocycles.